The highest BCUT2D eigenvalue weighted by Crippen LogP contribution is 2.29. The first kappa shape index (κ1) is 24.8. The van der Waals surface area contributed by atoms with Gasteiger partial charge in [-0.2, -0.15) is 4.31 Å². The summed E-state index contributed by atoms with van der Waals surface area (Å²) in [5.74, 6) is 0.444. The van der Waals surface area contributed by atoms with Crippen LogP contribution in [0.4, 0.5) is 0 Å². The number of rotatable bonds is 4. The molecule has 4 bridgehead atoms. The summed E-state index contributed by atoms with van der Waals surface area (Å²) in [5.41, 5.74) is 1.14. The zero-order valence-electron chi connectivity index (χ0n) is 19.7. The molecule has 0 radical (unpaired) electrons. The monoisotopic (exact) mass is 503 g/mol. The van der Waals surface area contributed by atoms with Gasteiger partial charge in [0.05, 0.1) is 25.4 Å². The molecule has 0 saturated carbocycles. The van der Waals surface area contributed by atoms with Gasteiger partial charge in [0, 0.05) is 18.7 Å². The van der Waals surface area contributed by atoms with Crippen molar-refractivity contribution in [3.05, 3.63) is 53.6 Å². The van der Waals surface area contributed by atoms with E-state index < -0.39 is 28.1 Å². The van der Waals surface area contributed by atoms with Gasteiger partial charge in [0.15, 0.2) is 18.1 Å². The van der Waals surface area contributed by atoms with Crippen molar-refractivity contribution < 1.29 is 32.2 Å². The fraction of sp³-hybridized carbons (Fsp3) is 0.417. The Balaban J connectivity index is 1.66. The maximum atomic E-state index is 13.1. The minimum atomic E-state index is -3.47. The first-order valence-corrected chi connectivity index (χ1v) is 13.0. The van der Waals surface area contributed by atoms with Crippen molar-refractivity contribution >= 4 is 21.8 Å². The number of benzene rings is 2. The third kappa shape index (κ3) is 5.85. The van der Waals surface area contributed by atoms with Gasteiger partial charge >= 0.3 is 0 Å². The van der Waals surface area contributed by atoms with Crippen LogP contribution >= 0.6 is 0 Å². The number of hydrogen-bond donors (Lipinski definition) is 2. The molecule has 0 aromatic heterocycles. The van der Waals surface area contributed by atoms with Crippen molar-refractivity contribution in [2.75, 3.05) is 32.6 Å². The van der Waals surface area contributed by atoms with Gasteiger partial charge in [-0.15, -0.1) is 0 Å². The summed E-state index contributed by atoms with van der Waals surface area (Å²) >= 11 is 0. The molecule has 35 heavy (non-hydrogen) atoms. The summed E-state index contributed by atoms with van der Waals surface area (Å²) < 4.78 is 43.9. The molecular formula is C24H29N3O7S. The van der Waals surface area contributed by atoms with Gasteiger partial charge in [0.25, 0.3) is 11.8 Å². The van der Waals surface area contributed by atoms with Gasteiger partial charge in [0.1, 0.15) is 11.9 Å². The van der Waals surface area contributed by atoms with Crippen LogP contribution in [0.2, 0.25) is 0 Å². The Bertz CT molecular complexity index is 1180. The van der Waals surface area contributed by atoms with Crippen LogP contribution in [0, 0.1) is 0 Å². The van der Waals surface area contributed by atoms with E-state index in [2.05, 4.69) is 10.6 Å². The van der Waals surface area contributed by atoms with E-state index in [9.17, 15) is 18.0 Å². The van der Waals surface area contributed by atoms with Crippen LogP contribution in [0.25, 0.3) is 0 Å². The molecule has 3 aliphatic rings. The first-order valence-electron chi connectivity index (χ1n) is 11.4. The van der Waals surface area contributed by atoms with E-state index in [1.165, 1.54) is 17.5 Å². The molecule has 2 amide bonds. The molecule has 2 N–H and O–H groups in total. The van der Waals surface area contributed by atoms with Crippen molar-refractivity contribution in [1.29, 1.82) is 0 Å². The maximum Gasteiger partial charge on any atom is 0.258 e. The molecule has 3 heterocycles. The highest BCUT2D eigenvalue weighted by atomic mass is 32.2. The second-order valence-electron chi connectivity index (χ2n) is 8.44. The van der Waals surface area contributed by atoms with Gasteiger partial charge in [-0.05, 0) is 42.3 Å². The van der Waals surface area contributed by atoms with Gasteiger partial charge in [-0.1, -0.05) is 19.1 Å². The predicted octanol–water partition coefficient (Wildman–Crippen LogP) is 1.31. The minimum Gasteiger partial charge on any atom is -0.493 e. The summed E-state index contributed by atoms with van der Waals surface area (Å²) in [6, 6.07) is 11.2. The Labute approximate surface area is 204 Å². The quantitative estimate of drug-likeness (QED) is 0.645. The number of hydrogen-bond acceptors (Lipinski definition) is 7. The Kier molecular flexibility index (Phi) is 7.46. The Morgan fingerprint density at radius 2 is 1.89 bits per heavy atom. The number of nitrogens with zero attached hydrogens (tertiary/aromatic N) is 1. The third-order valence-electron chi connectivity index (χ3n) is 5.89. The average Bonchev–Trinajstić information content (AvgIpc) is 3.24. The summed E-state index contributed by atoms with van der Waals surface area (Å²) in [5, 5.41) is 5.70. The zero-order chi connectivity index (χ0) is 25.0. The molecule has 188 valence electrons. The molecule has 11 heteroatoms. The molecule has 0 unspecified atom stereocenters. The number of carbonyl (C=O) groups excluding carboxylic acids is 2. The van der Waals surface area contributed by atoms with Gasteiger partial charge in [0.2, 0.25) is 10.0 Å². The van der Waals surface area contributed by atoms with E-state index in [1.807, 2.05) is 19.1 Å². The number of amides is 2. The van der Waals surface area contributed by atoms with Crippen LogP contribution in [0.1, 0.15) is 29.3 Å². The zero-order valence-corrected chi connectivity index (χ0v) is 20.5. The fourth-order valence-corrected chi connectivity index (χ4v) is 5.59. The van der Waals surface area contributed by atoms with Crippen LogP contribution in [0.5, 0.6) is 17.2 Å². The molecule has 3 aliphatic heterocycles. The summed E-state index contributed by atoms with van der Waals surface area (Å²) in [6.07, 6.45) is -0.0885. The summed E-state index contributed by atoms with van der Waals surface area (Å²) in [4.78, 5) is 25.4. The van der Waals surface area contributed by atoms with E-state index in [0.29, 0.717) is 24.5 Å². The van der Waals surface area contributed by atoms with E-state index in [1.54, 1.807) is 24.3 Å². The molecule has 0 aliphatic carbocycles. The highest BCUT2D eigenvalue weighted by Gasteiger charge is 2.40. The topological polar surface area (TPSA) is 123 Å². The summed E-state index contributed by atoms with van der Waals surface area (Å²) in [6.45, 7) is 2.09. The Morgan fingerprint density at radius 3 is 2.60 bits per heavy atom. The van der Waals surface area contributed by atoms with E-state index in [0.717, 1.165) is 5.56 Å². The normalized spacial score (nSPS) is 21.2. The molecule has 2 aromatic carbocycles. The second kappa shape index (κ2) is 10.5. The largest absolute Gasteiger partial charge is 0.493 e. The predicted molar refractivity (Wildman–Crippen MR) is 128 cm³/mol. The summed E-state index contributed by atoms with van der Waals surface area (Å²) in [7, 11) is -2.01. The molecule has 0 spiro atoms. The van der Waals surface area contributed by atoms with Crippen molar-refractivity contribution in [2.45, 2.75) is 32.0 Å². The lowest BCUT2D eigenvalue weighted by Gasteiger charge is -2.21. The smallest absolute Gasteiger partial charge is 0.258 e. The number of fused-ring (bicyclic) bond motifs is 7. The molecule has 5 rings (SSSR count). The Hall–Kier alpha value is -3.31. The van der Waals surface area contributed by atoms with Crippen molar-refractivity contribution in [3.63, 3.8) is 0 Å². The molecule has 10 nitrogen and oxygen atoms in total. The SMILES string of the molecule is CCCS(=O)(=O)N1C[C@@H]2NC(=O)c3ccc(OC)c(c3)OCC(=O)NCc3ccc(cc3)O[C@H]2C1. The van der Waals surface area contributed by atoms with Crippen molar-refractivity contribution in [2.24, 2.45) is 0 Å². The number of methoxy groups -OCH3 is 1. The van der Waals surface area contributed by atoms with Crippen LogP contribution in [0.3, 0.4) is 0 Å². The van der Waals surface area contributed by atoms with Crippen LogP contribution in [-0.4, -0.2) is 69.2 Å². The van der Waals surface area contributed by atoms with Gasteiger partial charge < -0.3 is 24.8 Å². The third-order valence-corrected chi connectivity index (χ3v) is 7.90. The average molecular weight is 504 g/mol. The number of carbonyl (C=O) groups is 2. The first-order chi connectivity index (χ1) is 16.8. The fourth-order valence-electron chi connectivity index (χ4n) is 4.05. The molecule has 1 fully saturated rings. The Morgan fingerprint density at radius 1 is 1.11 bits per heavy atom. The van der Waals surface area contributed by atoms with Crippen LogP contribution in [-0.2, 0) is 21.4 Å². The lowest BCUT2D eigenvalue weighted by atomic mass is 10.1. The van der Waals surface area contributed by atoms with E-state index >= 15 is 0 Å². The lowest BCUT2D eigenvalue weighted by molar-refractivity contribution is -0.123. The molecule has 2 atom stereocenters. The van der Waals surface area contributed by atoms with Crippen molar-refractivity contribution in [1.82, 2.24) is 14.9 Å². The van der Waals surface area contributed by atoms with Crippen LogP contribution < -0.4 is 24.8 Å². The minimum absolute atomic E-state index is 0.0278. The maximum absolute atomic E-state index is 13.1. The van der Waals surface area contributed by atoms with Gasteiger partial charge in [-0.25, -0.2) is 8.42 Å². The van der Waals surface area contributed by atoms with Crippen molar-refractivity contribution in [3.8, 4) is 17.2 Å². The van der Waals surface area contributed by atoms with E-state index in [4.69, 9.17) is 14.2 Å². The second-order valence-corrected chi connectivity index (χ2v) is 10.5. The lowest BCUT2D eigenvalue weighted by Crippen LogP contribution is -2.45. The standard InChI is InChI=1S/C24H29N3O7S/c1-3-10-35(30,31)27-13-19-22(14-27)34-18-7-4-16(5-8-18)12-25-23(28)15-33-21-11-17(24(29)26-19)6-9-20(21)32-2/h4-9,11,19,22H,3,10,12-15H2,1-2H3,(H,25,28)(H,26,29)/t19-,22-/m0/s1. The van der Waals surface area contributed by atoms with E-state index in [-0.39, 0.29) is 42.7 Å². The number of ether oxygens (including phenoxy) is 3. The van der Waals surface area contributed by atoms with Crippen LogP contribution in [0.15, 0.2) is 42.5 Å². The highest BCUT2D eigenvalue weighted by molar-refractivity contribution is 7.89. The number of sulfonamides is 1. The molecule has 1 saturated heterocycles. The number of nitrogens with one attached hydrogen (secondary N) is 2. The van der Waals surface area contributed by atoms with Gasteiger partial charge in [-0.3, -0.25) is 9.59 Å². The molecule has 2 aromatic rings. The molecular weight excluding hydrogens is 474 g/mol.